The van der Waals surface area contributed by atoms with Gasteiger partial charge in [-0.2, -0.15) is 0 Å². The van der Waals surface area contributed by atoms with Crippen molar-refractivity contribution in [2.45, 2.75) is 13.8 Å². The van der Waals surface area contributed by atoms with Crippen LogP contribution in [0.3, 0.4) is 0 Å². The predicted octanol–water partition coefficient (Wildman–Crippen LogP) is 12.5. The van der Waals surface area contributed by atoms with Crippen LogP contribution in [0.2, 0.25) is 0 Å². The fourth-order valence-electron chi connectivity index (χ4n) is 6.52. The summed E-state index contributed by atoms with van der Waals surface area (Å²) in [5.74, 6) is 0. The number of fused-ring (bicyclic) bond motifs is 3. The maximum absolute atomic E-state index is 2.42. The van der Waals surface area contributed by atoms with Crippen molar-refractivity contribution in [3.63, 3.8) is 0 Å². The molecule has 0 fully saturated rings. The predicted molar refractivity (Wildman–Crippen MR) is 188 cm³/mol. The molecule has 8 aromatic rings. The van der Waals surface area contributed by atoms with Gasteiger partial charge in [-0.05, 0) is 74.8 Å². The van der Waals surface area contributed by atoms with E-state index in [0.29, 0.717) is 0 Å². The van der Waals surface area contributed by atoms with E-state index < -0.39 is 0 Å². The lowest BCUT2D eigenvalue weighted by atomic mass is 9.86. The van der Waals surface area contributed by atoms with Gasteiger partial charge >= 0.3 is 0 Å². The molecule has 1 heteroatoms. The molecule has 0 unspecified atom stereocenters. The maximum Gasteiger partial charge on any atom is 0.0433 e. The highest BCUT2D eigenvalue weighted by Crippen LogP contribution is 2.48. The van der Waals surface area contributed by atoms with Gasteiger partial charge in [-0.3, -0.25) is 0 Å². The van der Waals surface area contributed by atoms with Crippen LogP contribution in [0, 0.1) is 13.8 Å². The summed E-state index contributed by atoms with van der Waals surface area (Å²) in [6.07, 6.45) is 0. The third-order valence-electron chi connectivity index (χ3n) is 8.63. The van der Waals surface area contributed by atoms with Crippen LogP contribution in [-0.4, -0.2) is 0 Å². The largest absolute Gasteiger partial charge is 0.135 e. The van der Waals surface area contributed by atoms with Crippen molar-refractivity contribution in [2.24, 2.45) is 0 Å². The topological polar surface area (TPSA) is 0 Å². The first kappa shape index (κ1) is 25.7. The molecule has 0 nitrogen and oxygen atoms in total. The second kappa shape index (κ2) is 10.4. The number of benzene rings is 7. The lowest BCUT2D eigenvalue weighted by Gasteiger charge is -2.17. The van der Waals surface area contributed by atoms with Crippen LogP contribution < -0.4 is 0 Å². The number of thiophene rings is 1. The van der Waals surface area contributed by atoms with Crippen molar-refractivity contribution in [3.05, 3.63) is 157 Å². The summed E-state index contributed by atoms with van der Waals surface area (Å²) in [4.78, 5) is 1.32. The summed E-state index contributed by atoms with van der Waals surface area (Å²) >= 11 is 1.90. The van der Waals surface area contributed by atoms with E-state index in [4.69, 9.17) is 0 Å². The standard InChI is InChI=1S/C42H30S/c1-27-16-20-30(21-17-27)41-37-25-24-32(26-38(37)43-42(41)31-22-18-28(2)19-23-31)40-35-14-8-6-12-33(35)39(29-10-4-3-5-11-29)34-13-7-9-15-36(34)40/h3-26H,1-2H3. The molecule has 0 aliphatic heterocycles. The van der Waals surface area contributed by atoms with E-state index >= 15 is 0 Å². The second-order valence-electron chi connectivity index (χ2n) is 11.5. The van der Waals surface area contributed by atoms with E-state index in [1.807, 2.05) is 11.3 Å². The Balaban J connectivity index is 1.42. The zero-order chi connectivity index (χ0) is 28.9. The van der Waals surface area contributed by atoms with Gasteiger partial charge in [0.15, 0.2) is 0 Å². The molecule has 204 valence electrons. The smallest absolute Gasteiger partial charge is 0.0433 e. The summed E-state index contributed by atoms with van der Waals surface area (Å²) < 4.78 is 1.31. The molecule has 43 heavy (non-hydrogen) atoms. The fraction of sp³-hybridized carbons (Fsp3) is 0.0476. The molecular formula is C42H30S. The van der Waals surface area contributed by atoms with E-state index in [2.05, 4.69) is 159 Å². The molecule has 1 aromatic heterocycles. The van der Waals surface area contributed by atoms with Crippen molar-refractivity contribution in [2.75, 3.05) is 0 Å². The Hall–Kier alpha value is -4.98. The molecule has 0 radical (unpaired) electrons. The van der Waals surface area contributed by atoms with Crippen molar-refractivity contribution in [1.82, 2.24) is 0 Å². The molecule has 7 aromatic carbocycles. The van der Waals surface area contributed by atoms with E-state index in [-0.39, 0.29) is 0 Å². The Labute approximate surface area is 256 Å². The Morgan fingerprint density at radius 2 is 0.791 bits per heavy atom. The molecule has 0 saturated heterocycles. The SMILES string of the molecule is Cc1ccc(-c2sc3cc(-c4c5ccccc5c(-c5ccccc5)c5ccccc45)ccc3c2-c2ccc(C)cc2)cc1. The van der Waals surface area contributed by atoms with Crippen LogP contribution in [0.15, 0.2) is 146 Å². The van der Waals surface area contributed by atoms with Crippen LogP contribution >= 0.6 is 11.3 Å². The lowest BCUT2D eigenvalue weighted by molar-refractivity contribution is 1.47. The quantitative estimate of drug-likeness (QED) is 0.186. The van der Waals surface area contributed by atoms with E-state index in [0.717, 1.165) is 0 Å². The Morgan fingerprint density at radius 1 is 0.349 bits per heavy atom. The van der Waals surface area contributed by atoms with Gasteiger partial charge in [0.25, 0.3) is 0 Å². The summed E-state index contributed by atoms with van der Waals surface area (Å²) in [6, 6.07) is 53.7. The monoisotopic (exact) mass is 566 g/mol. The van der Waals surface area contributed by atoms with Gasteiger partial charge in [-0.25, -0.2) is 0 Å². The van der Waals surface area contributed by atoms with E-state index in [1.165, 1.54) is 86.6 Å². The highest BCUT2D eigenvalue weighted by molar-refractivity contribution is 7.23. The molecule has 0 N–H and O–H groups in total. The zero-order valence-electron chi connectivity index (χ0n) is 24.3. The Bertz CT molecular complexity index is 2210. The molecule has 0 atom stereocenters. The zero-order valence-corrected chi connectivity index (χ0v) is 25.1. The number of hydrogen-bond donors (Lipinski definition) is 0. The highest BCUT2D eigenvalue weighted by Gasteiger charge is 2.19. The van der Waals surface area contributed by atoms with Gasteiger partial charge in [-0.1, -0.05) is 151 Å². The van der Waals surface area contributed by atoms with Gasteiger partial charge in [0.2, 0.25) is 0 Å². The minimum absolute atomic E-state index is 1.25. The average molecular weight is 567 g/mol. The molecule has 0 saturated carbocycles. The summed E-state index contributed by atoms with van der Waals surface area (Å²) in [7, 11) is 0. The molecular weight excluding hydrogens is 537 g/mol. The third kappa shape index (κ3) is 4.36. The molecule has 8 rings (SSSR count). The first-order valence-electron chi connectivity index (χ1n) is 14.9. The maximum atomic E-state index is 2.42. The Kier molecular flexibility index (Phi) is 6.21. The highest BCUT2D eigenvalue weighted by atomic mass is 32.1. The molecule has 1 heterocycles. The fourth-order valence-corrected chi connectivity index (χ4v) is 7.79. The lowest BCUT2D eigenvalue weighted by Crippen LogP contribution is -1.90. The van der Waals surface area contributed by atoms with Gasteiger partial charge in [0, 0.05) is 20.5 Å². The summed E-state index contributed by atoms with van der Waals surface area (Å²) in [5, 5.41) is 6.45. The number of aryl methyl sites for hydroxylation is 2. The van der Waals surface area contributed by atoms with E-state index in [9.17, 15) is 0 Å². The van der Waals surface area contributed by atoms with Crippen LogP contribution in [0.25, 0.3) is 75.5 Å². The molecule has 0 aliphatic rings. The van der Waals surface area contributed by atoms with Gasteiger partial charge in [0.1, 0.15) is 0 Å². The summed E-state index contributed by atoms with van der Waals surface area (Å²) in [5.41, 5.74) is 11.5. The van der Waals surface area contributed by atoms with Crippen molar-refractivity contribution in [1.29, 1.82) is 0 Å². The van der Waals surface area contributed by atoms with Crippen LogP contribution in [-0.2, 0) is 0 Å². The number of hydrogen-bond acceptors (Lipinski definition) is 1. The minimum Gasteiger partial charge on any atom is -0.135 e. The average Bonchev–Trinajstić information content (AvgIpc) is 3.43. The van der Waals surface area contributed by atoms with Crippen molar-refractivity contribution in [3.8, 4) is 43.8 Å². The van der Waals surface area contributed by atoms with Gasteiger partial charge in [0.05, 0.1) is 0 Å². The van der Waals surface area contributed by atoms with Gasteiger partial charge in [-0.15, -0.1) is 11.3 Å². The first-order valence-corrected chi connectivity index (χ1v) is 15.7. The second-order valence-corrected chi connectivity index (χ2v) is 12.5. The molecule has 0 spiro atoms. The van der Waals surface area contributed by atoms with Crippen molar-refractivity contribution < 1.29 is 0 Å². The van der Waals surface area contributed by atoms with Gasteiger partial charge < -0.3 is 0 Å². The molecule has 0 amide bonds. The molecule has 0 aliphatic carbocycles. The van der Waals surface area contributed by atoms with E-state index in [1.54, 1.807) is 0 Å². The van der Waals surface area contributed by atoms with Crippen molar-refractivity contribution >= 4 is 43.0 Å². The third-order valence-corrected chi connectivity index (χ3v) is 9.83. The normalized spacial score (nSPS) is 11.5. The van der Waals surface area contributed by atoms with Crippen LogP contribution in [0.1, 0.15) is 11.1 Å². The van der Waals surface area contributed by atoms with Crippen LogP contribution in [0.4, 0.5) is 0 Å². The van der Waals surface area contributed by atoms with Crippen LogP contribution in [0.5, 0.6) is 0 Å². The minimum atomic E-state index is 1.25. The Morgan fingerprint density at radius 3 is 1.35 bits per heavy atom. The number of rotatable bonds is 4. The summed E-state index contributed by atoms with van der Waals surface area (Å²) in [6.45, 7) is 4.31. The first-order chi connectivity index (χ1) is 21.2. The molecule has 0 bridgehead atoms.